The van der Waals surface area contributed by atoms with Gasteiger partial charge in [0.1, 0.15) is 5.82 Å². The van der Waals surface area contributed by atoms with E-state index in [1.54, 1.807) is 18.2 Å². The van der Waals surface area contributed by atoms with E-state index >= 15 is 0 Å². The molecular formula is C18H19BrN4O3S. The van der Waals surface area contributed by atoms with Crippen molar-refractivity contribution >= 4 is 51.0 Å². The molecule has 0 saturated heterocycles. The minimum absolute atomic E-state index is 0.0973. The maximum Gasteiger partial charge on any atom is 0.257 e. The summed E-state index contributed by atoms with van der Waals surface area (Å²) in [5.41, 5.74) is 0.383. The molecule has 27 heavy (non-hydrogen) atoms. The number of carbonyl (C=O) groups excluding carboxylic acids is 2. The van der Waals surface area contributed by atoms with Gasteiger partial charge in [0.15, 0.2) is 5.16 Å². The number of carbonyl (C=O) groups is 2. The Morgan fingerprint density at radius 3 is 2.96 bits per heavy atom. The summed E-state index contributed by atoms with van der Waals surface area (Å²) in [6.45, 7) is 2.08. The number of aromatic nitrogens is 2. The van der Waals surface area contributed by atoms with Gasteiger partial charge in [0, 0.05) is 22.3 Å². The molecule has 0 bridgehead atoms. The van der Waals surface area contributed by atoms with Crippen molar-refractivity contribution in [3.05, 3.63) is 44.7 Å². The zero-order valence-electron chi connectivity index (χ0n) is 14.7. The summed E-state index contributed by atoms with van der Waals surface area (Å²) >= 11 is 4.77. The molecule has 0 saturated carbocycles. The van der Waals surface area contributed by atoms with E-state index in [0.717, 1.165) is 23.1 Å². The Kier molecular flexibility index (Phi) is 6.33. The van der Waals surface area contributed by atoms with E-state index in [1.807, 2.05) is 6.07 Å². The molecule has 0 unspecified atom stereocenters. The first-order valence-corrected chi connectivity index (χ1v) is 10.4. The maximum atomic E-state index is 12.7. The first kappa shape index (κ1) is 19.6. The molecule has 2 heterocycles. The molecule has 1 aliphatic heterocycles. The second-order valence-corrected chi connectivity index (χ2v) is 8.14. The van der Waals surface area contributed by atoms with Crippen molar-refractivity contribution in [1.29, 1.82) is 0 Å². The van der Waals surface area contributed by atoms with Gasteiger partial charge < -0.3 is 15.6 Å². The number of H-pyrrole nitrogens is 1. The van der Waals surface area contributed by atoms with Crippen LogP contribution in [0.1, 0.15) is 37.7 Å². The molecule has 2 aromatic rings. The average Bonchev–Trinajstić information content (AvgIpc) is 2.61. The largest absolute Gasteiger partial charge is 0.326 e. The molecule has 1 aliphatic rings. The van der Waals surface area contributed by atoms with Crippen LogP contribution in [0.5, 0.6) is 0 Å². The Bertz CT molecular complexity index is 931. The van der Waals surface area contributed by atoms with Crippen molar-refractivity contribution in [1.82, 2.24) is 9.97 Å². The van der Waals surface area contributed by atoms with Gasteiger partial charge >= 0.3 is 0 Å². The van der Waals surface area contributed by atoms with Gasteiger partial charge in [-0.15, -0.1) is 0 Å². The number of fused-ring (bicyclic) bond motifs is 1. The van der Waals surface area contributed by atoms with Gasteiger partial charge in [-0.3, -0.25) is 14.4 Å². The van der Waals surface area contributed by atoms with E-state index in [0.29, 0.717) is 10.8 Å². The Morgan fingerprint density at radius 1 is 1.41 bits per heavy atom. The molecule has 0 radical (unpaired) electrons. The Morgan fingerprint density at radius 2 is 2.22 bits per heavy atom. The first-order chi connectivity index (χ1) is 13.0. The lowest BCUT2D eigenvalue weighted by Gasteiger charge is -2.23. The molecule has 2 amide bonds. The number of thioether (sulfide) groups is 1. The maximum absolute atomic E-state index is 12.7. The fraction of sp³-hybridized carbons (Fsp3) is 0.333. The van der Waals surface area contributed by atoms with E-state index in [2.05, 4.69) is 43.5 Å². The number of rotatable bonds is 6. The minimum Gasteiger partial charge on any atom is -0.326 e. The smallest absolute Gasteiger partial charge is 0.257 e. The third-order valence-corrected chi connectivity index (χ3v) is 5.53. The number of unbranched alkanes of at least 4 members (excludes halogenated alkanes) is 1. The number of nitrogens with zero attached hydrogens (tertiary/aromatic N) is 1. The molecule has 1 aromatic carbocycles. The molecule has 3 rings (SSSR count). The molecule has 1 aromatic heterocycles. The van der Waals surface area contributed by atoms with Crippen LogP contribution in [0.15, 0.2) is 38.7 Å². The van der Waals surface area contributed by atoms with E-state index in [-0.39, 0.29) is 23.7 Å². The van der Waals surface area contributed by atoms with Gasteiger partial charge in [-0.1, -0.05) is 47.1 Å². The number of amides is 2. The summed E-state index contributed by atoms with van der Waals surface area (Å²) in [5, 5.41) is 5.83. The molecule has 142 valence electrons. The number of anilines is 2. The molecule has 9 heteroatoms. The quantitative estimate of drug-likeness (QED) is 0.355. The zero-order chi connectivity index (χ0) is 19.4. The summed E-state index contributed by atoms with van der Waals surface area (Å²) in [4.78, 5) is 44.5. The molecule has 0 fully saturated rings. The van der Waals surface area contributed by atoms with Gasteiger partial charge in [0.2, 0.25) is 11.8 Å². The van der Waals surface area contributed by atoms with Gasteiger partial charge in [-0.2, -0.15) is 0 Å². The van der Waals surface area contributed by atoms with Crippen molar-refractivity contribution in [2.75, 3.05) is 16.4 Å². The Balaban J connectivity index is 1.87. The summed E-state index contributed by atoms with van der Waals surface area (Å²) in [6, 6.07) is 7.11. The topological polar surface area (TPSA) is 104 Å². The third kappa shape index (κ3) is 4.78. The fourth-order valence-electron chi connectivity index (χ4n) is 2.75. The number of hydrogen-bond donors (Lipinski definition) is 3. The second-order valence-electron chi connectivity index (χ2n) is 6.14. The fourth-order valence-corrected chi connectivity index (χ4v) is 4.10. The standard InChI is InChI=1S/C18H19BrN4O3S/c1-2-3-7-27-18-22-15-14(17(26)23-18)12(9-13(24)21-15)16(25)20-11-6-4-5-10(19)8-11/h4-6,8,12H,2-3,7,9H2,1H3,(H,20,25)(H2,21,22,23,24,26)/t12-/m1/s1. The summed E-state index contributed by atoms with van der Waals surface area (Å²) in [7, 11) is 0. The van der Waals surface area contributed by atoms with Crippen LogP contribution in [0.25, 0.3) is 0 Å². The highest BCUT2D eigenvalue weighted by Gasteiger charge is 2.34. The van der Waals surface area contributed by atoms with Crippen LogP contribution in [0.2, 0.25) is 0 Å². The molecule has 7 nitrogen and oxygen atoms in total. The van der Waals surface area contributed by atoms with E-state index in [9.17, 15) is 14.4 Å². The molecule has 0 spiro atoms. The number of nitrogens with one attached hydrogen (secondary N) is 3. The Hall–Kier alpha value is -2.13. The van der Waals surface area contributed by atoms with Gasteiger partial charge in [-0.05, 0) is 24.6 Å². The zero-order valence-corrected chi connectivity index (χ0v) is 17.1. The molecule has 0 aliphatic carbocycles. The van der Waals surface area contributed by atoms with Crippen molar-refractivity contribution in [2.24, 2.45) is 0 Å². The lowest BCUT2D eigenvalue weighted by atomic mass is 9.92. The predicted octanol–water partition coefficient (Wildman–Crippen LogP) is 3.49. The lowest BCUT2D eigenvalue weighted by Crippen LogP contribution is -2.36. The van der Waals surface area contributed by atoms with E-state index in [1.165, 1.54) is 11.8 Å². The third-order valence-electron chi connectivity index (χ3n) is 4.07. The van der Waals surface area contributed by atoms with Crippen molar-refractivity contribution in [3.63, 3.8) is 0 Å². The van der Waals surface area contributed by atoms with Crippen molar-refractivity contribution in [3.8, 4) is 0 Å². The molecule has 3 N–H and O–H groups in total. The highest BCUT2D eigenvalue weighted by Crippen LogP contribution is 2.30. The number of hydrogen-bond acceptors (Lipinski definition) is 5. The predicted molar refractivity (Wildman–Crippen MR) is 109 cm³/mol. The van der Waals surface area contributed by atoms with Crippen LogP contribution in [-0.4, -0.2) is 27.5 Å². The highest BCUT2D eigenvalue weighted by atomic mass is 79.9. The van der Waals surface area contributed by atoms with Crippen LogP contribution in [0, 0.1) is 0 Å². The number of aromatic amines is 1. The lowest BCUT2D eigenvalue weighted by molar-refractivity contribution is -0.123. The van der Waals surface area contributed by atoms with Crippen LogP contribution in [0.4, 0.5) is 11.5 Å². The summed E-state index contributed by atoms with van der Waals surface area (Å²) < 4.78 is 0.815. The van der Waals surface area contributed by atoms with Gasteiger partial charge in [-0.25, -0.2) is 4.98 Å². The molecular weight excluding hydrogens is 432 g/mol. The van der Waals surface area contributed by atoms with Gasteiger partial charge in [0.05, 0.1) is 11.5 Å². The number of benzene rings is 1. The van der Waals surface area contributed by atoms with Crippen molar-refractivity contribution < 1.29 is 9.59 Å². The summed E-state index contributed by atoms with van der Waals surface area (Å²) in [5.74, 6) is -0.650. The average molecular weight is 451 g/mol. The summed E-state index contributed by atoms with van der Waals surface area (Å²) in [6.07, 6.45) is 1.94. The van der Waals surface area contributed by atoms with E-state index in [4.69, 9.17) is 0 Å². The molecule has 1 atom stereocenters. The van der Waals surface area contributed by atoms with Crippen LogP contribution in [-0.2, 0) is 9.59 Å². The normalized spacial score (nSPS) is 15.8. The van der Waals surface area contributed by atoms with Crippen molar-refractivity contribution in [2.45, 2.75) is 37.3 Å². The SMILES string of the molecule is CCCCSc1nc2c(c(=O)[nH]1)[C@H](C(=O)Nc1cccc(Br)c1)CC(=O)N2. The van der Waals surface area contributed by atoms with Crippen LogP contribution >= 0.6 is 27.7 Å². The van der Waals surface area contributed by atoms with Crippen LogP contribution < -0.4 is 16.2 Å². The minimum atomic E-state index is -0.890. The van der Waals surface area contributed by atoms with E-state index < -0.39 is 17.4 Å². The second kappa shape index (κ2) is 8.71. The first-order valence-electron chi connectivity index (χ1n) is 8.61. The number of halogens is 1. The monoisotopic (exact) mass is 450 g/mol. The highest BCUT2D eigenvalue weighted by molar-refractivity contribution is 9.10. The van der Waals surface area contributed by atoms with Gasteiger partial charge in [0.25, 0.3) is 5.56 Å². The van der Waals surface area contributed by atoms with Crippen LogP contribution in [0.3, 0.4) is 0 Å². The Labute approximate surface area is 168 Å².